The Bertz CT molecular complexity index is 766. The Morgan fingerprint density at radius 2 is 2.00 bits per heavy atom. The van der Waals surface area contributed by atoms with Crippen LogP contribution in [0.5, 0.6) is 17.2 Å². The predicted octanol–water partition coefficient (Wildman–Crippen LogP) is 3.52. The van der Waals surface area contributed by atoms with Crippen LogP contribution >= 0.6 is 11.6 Å². The summed E-state index contributed by atoms with van der Waals surface area (Å²) in [6, 6.07) is 9.93. The minimum atomic E-state index is -0.497. The molecule has 2 N–H and O–H groups in total. The maximum atomic E-state index is 12.4. The van der Waals surface area contributed by atoms with Gasteiger partial charge in [0.05, 0.1) is 12.8 Å². The fraction of sp³-hybridized carbons (Fsp3) is 0.235. The van der Waals surface area contributed by atoms with Crippen molar-refractivity contribution in [2.75, 3.05) is 24.5 Å². The lowest BCUT2D eigenvalue weighted by Crippen LogP contribution is -2.32. The monoisotopic (exact) mass is 348 g/mol. The normalized spacial score (nSPS) is 13.3. The molecule has 3 rings (SSSR count). The molecule has 0 fully saturated rings. The van der Waals surface area contributed by atoms with Crippen LogP contribution in [-0.4, -0.2) is 25.9 Å². The second-order valence-corrected chi connectivity index (χ2v) is 5.70. The van der Waals surface area contributed by atoms with Gasteiger partial charge in [0, 0.05) is 16.8 Å². The van der Waals surface area contributed by atoms with Crippen molar-refractivity contribution in [2.24, 2.45) is 0 Å². The van der Waals surface area contributed by atoms with Gasteiger partial charge in [0.25, 0.3) is 0 Å². The molecule has 6 nitrogen and oxygen atoms in total. The molecule has 126 valence electrons. The van der Waals surface area contributed by atoms with Crippen molar-refractivity contribution in [3.8, 4) is 17.2 Å². The highest BCUT2D eigenvalue weighted by atomic mass is 35.5. The van der Waals surface area contributed by atoms with E-state index >= 15 is 0 Å². The Morgan fingerprint density at radius 3 is 2.79 bits per heavy atom. The Balaban J connectivity index is 1.68. The van der Waals surface area contributed by atoms with E-state index in [1.54, 1.807) is 50.4 Å². The number of ether oxygens (including phenoxy) is 3. The number of benzene rings is 2. The average Bonchev–Trinajstić information content (AvgIpc) is 3.02. The zero-order valence-corrected chi connectivity index (χ0v) is 14.0. The molecule has 1 heterocycles. The molecular formula is C17H17ClN2O4. The van der Waals surface area contributed by atoms with E-state index in [1.807, 2.05) is 0 Å². The Hall–Kier alpha value is -2.60. The fourth-order valence-corrected chi connectivity index (χ4v) is 2.49. The largest absolute Gasteiger partial charge is 0.495 e. The number of carbonyl (C=O) groups excluding carboxylic acids is 1. The van der Waals surface area contributed by atoms with Crippen LogP contribution in [0, 0.1) is 0 Å². The molecule has 0 bridgehead atoms. The summed E-state index contributed by atoms with van der Waals surface area (Å²) >= 11 is 6.00. The van der Waals surface area contributed by atoms with Gasteiger partial charge in [-0.05, 0) is 37.3 Å². The van der Waals surface area contributed by atoms with E-state index in [4.69, 9.17) is 25.8 Å². The van der Waals surface area contributed by atoms with Gasteiger partial charge in [-0.3, -0.25) is 4.79 Å². The fourth-order valence-electron chi connectivity index (χ4n) is 2.32. The highest BCUT2D eigenvalue weighted by Crippen LogP contribution is 2.34. The van der Waals surface area contributed by atoms with Crippen LogP contribution in [0.1, 0.15) is 6.92 Å². The number of fused-ring (bicyclic) bond motifs is 1. The smallest absolute Gasteiger partial charge is 0.246 e. The summed E-state index contributed by atoms with van der Waals surface area (Å²) in [6.07, 6.45) is 0. The Labute approximate surface area is 144 Å². The van der Waals surface area contributed by atoms with Crippen molar-refractivity contribution in [3.63, 3.8) is 0 Å². The number of rotatable bonds is 5. The van der Waals surface area contributed by atoms with E-state index in [2.05, 4.69) is 10.6 Å². The lowest BCUT2D eigenvalue weighted by molar-refractivity contribution is -0.116. The third kappa shape index (κ3) is 3.49. The number of amides is 1. The molecule has 0 saturated heterocycles. The number of hydrogen-bond acceptors (Lipinski definition) is 5. The molecule has 1 atom stereocenters. The zero-order valence-electron chi connectivity index (χ0n) is 13.3. The van der Waals surface area contributed by atoms with Gasteiger partial charge in [-0.1, -0.05) is 11.6 Å². The summed E-state index contributed by atoms with van der Waals surface area (Å²) in [7, 11) is 1.56. The maximum absolute atomic E-state index is 12.4. The first-order valence-corrected chi connectivity index (χ1v) is 7.75. The van der Waals surface area contributed by atoms with Gasteiger partial charge in [-0.2, -0.15) is 0 Å². The van der Waals surface area contributed by atoms with Gasteiger partial charge >= 0.3 is 0 Å². The Morgan fingerprint density at radius 1 is 1.21 bits per heavy atom. The third-order valence-corrected chi connectivity index (χ3v) is 3.80. The van der Waals surface area contributed by atoms with E-state index in [9.17, 15) is 4.79 Å². The molecule has 7 heteroatoms. The summed E-state index contributed by atoms with van der Waals surface area (Å²) in [5.41, 5.74) is 1.29. The molecule has 0 saturated carbocycles. The molecule has 0 aromatic heterocycles. The molecule has 0 radical (unpaired) electrons. The van der Waals surface area contributed by atoms with E-state index in [-0.39, 0.29) is 12.7 Å². The minimum Gasteiger partial charge on any atom is -0.495 e. The van der Waals surface area contributed by atoms with Gasteiger partial charge in [0.2, 0.25) is 12.7 Å². The minimum absolute atomic E-state index is 0.194. The van der Waals surface area contributed by atoms with E-state index in [0.29, 0.717) is 33.6 Å². The van der Waals surface area contributed by atoms with Crippen molar-refractivity contribution in [1.29, 1.82) is 0 Å². The number of nitrogens with one attached hydrogen (secondary N) is 2. The number of methoxy groups -OCH3 is 1. The number of hydrogen-bond donors (Lipinski definition) is 2. The molecular weight excluding hydrogens is 332 g/mol. The highest BCUT2D eigenvalue weighted by molar-refractivity contribution is 6.31. The van der Waals surface area contributed by atoms with Crippen molar-refractivity contribution >= 4 is 28.9 Å². The van der Waals surface area contributed by atoms with Crippen LogP contribution in [0.2, 0.25) is 5.02 Å². The molecule has 2 aromatic carbocycles. The summed E-state index contributed by atoms with van der Waals surface area (Å²) in [5.74, 6) is 1.70. The average molecular weight is 349 g/mol. The van der Waals surface area contributed by atoms with Gasteiger partial charge in [-0.15, -0.1) is 0 Å². The number of halogens is 1. The van der Waals surface area contributed by atoms with Crippen LogP contribution in [0.4, 0.5) is 11.4 Å². The van der Waals surface area contributed by atoms with Crippen molar-refractivity contribution in [3.05, 3.63) is 41.4 Å². The molecule has 0 aliphatic carbocycles. The number of carbonyl (C=O) groups is 1. The molecule has 2 aromatic rings. The van der Waals surface area contributed by atoms with Crippen molar-refractivity contribution in [2.45, 2.75) is 13.0 Å². The van der Waals surface area contributed by atoms with E-state index < -0.39 is 6.04 Å². The summed E-state index contributed by atoms with van der Waals surface area (Å²) in [6.45, 7) is 1.95. The topological polar surface area (TPSA) is 68.8 Å². The SMILES string of the molecule is COc1ccc(Cl)cc1N[C@H](C)C(=O)Nc1ccc2c(c1)OCO2. The first-order valence-electron chi connectivity index (χ1n) is 7.37. The van der Waals surface area contributed by atoms with Crippen LogP contribution in [-0.2, 0) is 4.79 Å². The standard InChI is InChI=1S/C17H17ClN2O4/c1-10(19-13-7-11(18)3-5-14(13)22-2)17(21)20-12-4-6-15-16(8-12)24-9-23-15/h3-8,10,19H,9H2,1-2H3,(H,20,21)/t10-/m1/s1. The molecule has 1 amide bonds. The summed E-state index contributed by atoms with van der Waals surface area (Å²) in [4.78, 5) is 12.4. The summed E-state index contributed by atoms with van der Waals surface area (Å²) < 4.78 is 15.8. The van der Waals surface area contributed by atoms with Crippen molar-refractivity contribution < 1.29 is 19.0 Å². The van der Waals surface area contributed by atoms with E-state index in [0.717, 1.165) is 0 Å². The Kier molecular flexibility index (Phi) is 4.66. The lowest BCUT2D eigenvalue weighted by Gasteiger charge is -2.17. The van der Waals surface area contributed by atoms with Crippen molar-refractivity contribution in [1.82, 2.24) is 0 Å². The summed E-state index contributed by atoms with van der Waals surface area (Å²) in [5, 5.41) is 6.49. The molecule has 0 spiro atoms. The lowest BCUT2D eigenvalue weighted by atomic mass is 10.2. The molecule has 0 unspecified atom stereocenters. The molecule has 1 aliphatic heterocycles. The maximum Gasteiger partial charge on any atom is 0.246 e. The van der Waals surface area contributed by atoms with Gasteiger partial charge < -0.3 is 24.8 Å². The molecule has 1 aliphatic rings. The van der Waals surface area contributed by atoms with Crippen LogP contribution < -0.4 is 24.8 Å². The van der Waals surface area contributed by atoms with Gasteiger partial charge in [-0.25, -0.2) is 0 Å². The first kappa shape index (κ1) is 16.3. The zero-order chi connectivity index (χ0) is 17.1. The van der Waals surface area contributed by atoms with Crippen LogP contribution in [0.25, 0.3) is 0 Å². The first-order chi connectivity index (χ1) is 11.6. The quantitative estimate of drug-likeness (QED) is 0.865. The third-order valence-electron chi connectivity index (χ3n) is 3.57. The second-order valence-electron chi connectivity index (χ2n) is 5.27. The second kappa shape index (κ2) is 6.88. The van der Waals surface area contributed by atoms with Crippen LogP contribution in [0.3, 0.4) is 0 Å². The predicted molar refractivity (Wildman–Crippen MR) is 92.3 cm³/mol. The number of anilines is 2. The van der Waals surface area contributed by atoms with E-state index in [1.165, 1.54) is 0 Å². The van der Waals surface area contributed by atoms with Crippen LogP contribution in [0.15, 0.2) is 36.4 Å². The van der Waals surface area contributed by atoms with Gasteiger partial charge in [0.15, 0.2) is 11.5 Å². The van der Waals surface area contributed by atoms with Gasteiger partial charge in [0.1, 0.15) is 11.8 Å². The molecule has 24 heavy (non-hydrogen) atoms. The highest BCUT2D eigenvalue weighted by Gasteiger charge is 2.18.